The van der Waals surface area contributed by atoms with Crippen molar-refractivity contribution in [3.8, 4) is 0 Å². The van der Waals surface area contributed by atoms with Crippen LogP contribution >= 0.6 is 0 Å². The van der Waals surface area contributed by atoms with E-state index in [9.17, 15) is 9.59 Å². The number of carbonyl (C=O) groups excluding carboxylic acids is 2. The van der Waals surface area contributed by atoms with Gasteiger partial charge in [0.05, 0.1) is 0 Å². The van der Waals surface area contributed by atoms with Crippen LogP contribution in [0.5, 0.6) is 0 Å². The van der Waals surface area contributed by atoms with Crippen LogP contribution in [0, 0.1) is 0 Å². The summed E-state index contributed by atoms with van der Waals surface area (Å²) in [5.74, 6) is -0.144. The molecule has 7 heteroatoms. The molecule has 1 spiro atoms. The molecule has 2 aliphatic rings. The molecule has 0 atom stereocenters. The molecule has 2 heterocycles. The van der Waals surface area contributed by atoms with E-state index >= 15 is 0 Å². The van der Waals surface area contributed by atoms with Gasteiger partial charge in [0.2, 0.25) is 0 Å². The fourth-order valence-electron chi connectivity index (χ4n) is 2.82. The molecule has 0 unspecified atom stereocenters. The summed E-state index contributed by atoms with van der Waals surface area (Å²) in [6.45, 7) is 9.41. The second-order valence-corrected chi connectivity index (χ2v) is 7.57. The Labute approximate surface area is 143 Å². The van der Waals surface area contributed by atoms with Crippen LogP contribution in [-0.2, 0) is 14.4 Å². The largest absolute Gasteiger partial charge is 0.444 e. The lowest BCUT2D eigenvalue weighted by atomic mass is 9.87. The van der Waals surface area contributed by atoms with Gasteiger partial charge < -0.3 is 19.8 Å². The number of likely N-dealkylation sites (tertiary alicyclic amines) is 1. The van der Waals surface area contributed by atoms with Crippen molar-refractivity contribution < 1.29 is 19.2 Å². The molecular weight excluding hydrogens is 310 g/mol. The van der Waals surface area contributed by atoms with E-state index in [-0.39, 0.29) is 12.0 Å². The van der Waals surface area contributed by atoms with Gasteiger partial charge in [-0.15, -0.1) is 0 Å². The fraction of sp³-hybridized carbons (Fsp3) is 0.824. The number of carbonyl (C=O) groups is 2. The minimum atomic E-state index is -0.497. The van der Waals surface area contributed by atoms with E-state index in [1.165, 1.54) is 0 Å². The Morgan fingerprint density at radius 2 is 2.00 bits per heavy atom. The van der Waals surface area contributed by atoms with Crippen molar-refractivity contribution in [2.24, 2.45) is 5.16 Å². The lowest BCUT2D eigenvalue weighted by Crippen LogP contribution is -2.48. The minimum Gasteiger partial charge on any atom is -0.444 e. The number of hydrogen-bond acceptors (Lipinski definition) is 5. The van der Waals surface area contributed by atoms with Crippen LogP contribution in [0.15, 0.2) is 5.16 Å². The maximum Gasteiger partial charge on any atom is 0.410 e. The lowest BCUT2D eigenvalue weighted by molar-refractivity contribution is -0.114. The molecule has 2 aliphatic heterocycles. The van der Waals surface area contributed by atoms with Crippen molar-refractivity contribution in [3.63, 3.8) is 0 Å². The van der Waals surface area contributed by atoms with Crippen molar-refractivity contribution >= 4 is 17.7 Å². The second kappa shape index (κ2) is 7.40. The highest BCUT2D eigenvalue weighted by Crippen LogP contribution is 2.35. The zero-order valence-corrected chi connectivity index (χ0v) is 15.2. The molecule has 2 amide bonds. The van der Waals surface area contributed by atoms with Gasteiger partial charge in [0.1, 0.15) is 16.9 Å². The maximum absolute atomic E-state index is 12.1. The molecule has 1 saturated heterocycles. The van der Waals surface area contributed by atoms with Crippen molar-refractivity contribution in [3.05, 3.63) is 0 Å². The first-order chi connectivity index (χ1) is 11.2. The highest BCUT2D eigenvalue weighted by atomic mass is 16.7. The van der Waals surface area contributed by atoms with Gasteiger partial charge in [0.15, 0.2) is 0 Å². The molecule has 24 heavy (non-hydrogen) atoms. The van der Waals surface area contributed by atoms with Gasteiger partial charge in [0, 0.05) is 38.9 Å². The molecule has 2 rings (SSSR count). The van der Waals surface area contributed by atoms with Crippen molar-refractivity contribution in [2.45, 2.75) is 71.0 Å². The zero-order valence-electron chi connectivity index (χ0n) is 15.2. The van der Waals surface area contributed by atoms with E-state index in [4.69, 9.17) is 9.57 Å². The smallest absolute Gasteiger partial charge is 0.410 e. The number of amides is 2. The average molecular weight is 339 g/mol. The van der Waals surface area contributed by atoms with Crippen molar-refractivity contribution in [1.82, 2.24) is 10.2 Å². The number of nitrogens with zero attached hydrogens (tertiary/aromatic N) is 2. The van der Waals surface area contributed by atoms with Crippen LogP contribution in [-0.4, -0.2) is 53.4 Å². The van der Waals surface area contributed by atoms with E-state index in [2.05, 4.69) is 17.4 Å². The number of rotatable bonds is 4. The lowest BCUT2D eigenvalue weighted by Gasteiger charge is -2.37. The molecule has 0 aliphatic carbocycles. The Hall–Kier alpha value is -1.79. The highest BCUT2D eigenvalue weighted by Gasteiger charge is 2.44. The summed E-state index contributed by atoms with van der Waals surface area (Å²) >= 11 is 0. The monoisotopic (exact) mass is 339 g/mol. The molecular formula is C17H29N3O4. The molecule has 1 N–H and O–H groups in total. The Bertz CT molecular complexity index is 502. The molecule has 0 radical (unpaired) electrons. The summed E-state index contributed by atoms with van der Waals surface area (Å²) in [6, 6.07) is 0. The Morgan fingerprint density at radius 1 is 1.33 bits per heavy atom. The second-order valence-electron chi connectivity index (χ2n) is 7.57. The fourth-order valence-corrected chi connectivity index (χ4v) is 2.82. The van der Waals surface area contributed by atoms with Crippen LogP contribution in [0.1, 0.15) is 59.8 Å². The first-order valence-electron chi connectivity index (χ1n) is 8.76. The van der Waals surface area contributed by atoms with Gasteiger partial charge in [-0.05, 0) is 27.2 Å². The molecule has 7 nitrogen and oxygen atoms in total. The minimum absolute atomic E-state index is 0.144. The summed E-state index contributed by atoms with van der Waals surface area (Å²) in [6.07, 6.45) is 3.51. The molecule has 0 saturated carbocycles. The van der Waals surface area contributed by atoms with Gasteiger partial charge in [0.25, 0.3) is 5.91 Å². The summed E-state index contributed by atoms with van der Waals surface area (Å²) in [5.41, 5.74) is -0.490. The number of ether oxygens (including phenoxy) is 1. The van der Waals surface area contributed by atoms with Crippen molar-refractivity contribution in [1.29, 1.82) is 0 Å². The first-order valence-corrected chi connectivity index (χ1v) is 8.76. The normalized spacial score (nSPS) is 19.7. The summed E-state index contributed by atoms with van der Waals surface area (Å²) in [5, 5.41) is 6.86. The third kappa shape index (κ3) is 4.85. The average Bonchev–Trinajstić information content (AvgIpc) is 2.90. The molecule has 0 aromatic heterocycles. The first kappa shape index (κ1) is 18.5. The quantitative estimate of drug-likeness (QED) is 0.798. The summed E-state index contributed by atoms with van der Waals surface area (Å²) in [4.78, 5) is 31.5. The van der Waals surface area contributed by atoms with Gasteiger partial charge in [-0.1, -0.05) is 18.5 Å². The Kier molecular flexibility index (Phi) is 5.72. The zero-order chi connectivity index (χ0) is 17.8. The number of unbranched alkanes of at least 4 members (excludes halogenated alkanes) is 1. The van der Waals surface area contributed by atoms with Crippen LogP contribution < -0.4 is 5.32 Å². The van der Waals surface area contributed by atoms with Crippen molar-refractivity contribution in [2.75, 3.05) is 19.6 Å². The summed E-state index contributed by atoms with van der Waals surface area (Å²) in [7, 11) is 0. The predicted octanol–water partition coefficient (Wildman–Crippen LogP) is 2.45. The molecule has 1 fully saturated rings. The van der Waals surface area contributed by atoms with Gasteiger partial charge >= 0.3 is 6.09 Å². The molecule has 0 bridgehead atoms. The third-order valence-electron chi connectivity index (χ3n) is 4.24. The standard InChI is InChI=1S/C17H29N3O4/c1-5-6-9-18-14(21)13-12-17(24-19-13)7-10-20(11-8-17)15(22)23-16(2,3)4/h5-12H2,1-4H3,(H,18,21). The van der Waals surface area contributed by atoms with Crippen LogP contribution in [0.3, 0.4) is 0 Å². The van der Waals surface area contributed by atoms with E-state index in [0.29, 0.717) is 44.6 Å². The van der Waals surface area contributed by atoms with E-state index in [1.54, 1.807) is 4.90 Å². The molecule has 0 aromatic rings. The highest BCUT2D eigenvalue weighted by molar-refractivity contribution is 6.39. The third-order valence-corrected chi connectivity index (χ3v) is 4.24. The van der Waals surface area contributed by atoms with E-state index in [1.807, 2.05) is 20.8 Å². The number of piperidine rings is 1. The predicted molar refractivity (Wildman–Crippen MR) is 90.8 cm³/mol. The molecule has 0 aromatic carbocycles. The van der Waals surface area contributed by atoms with E-state index in [0.717, 1.165) is 12.8 Å². The van der Waals surface area contributed by atoms with Gasteiger partial charge in [-0.3, -0.25) is 4.79 Å². The molecule has 136 valence electrons. The topological polar surface area (TPSA) is 80.2 Å². The van der Waals surface area contributed by atoms with Gasteiger partial charge in [-0.2, -0.15) is 0 Å². The van der Waals surface area contributed by atoms with Crippen LogP contribution in [0.2, 0.25) is 0 Å². The van der Waals surface area contributed by atoms with Crippen LogP contribution in [0.25, 0.3) is 0 Å². The number of hydrogen-bond donors (Lipinski definition) is 1. The van der Waals surface area contributed by atoms with E-state index < -0.39 is 11.2 Å². The Balaban J connectivity index is 1.80. The Morgan fingerprint density at radius 3 is 2.58 bits per heavy atom. The number of nitrogens with one attached hydrogen (secondary N) is 1. The maximum atomic E-state index is 12.1. The SMILES string of the molecule is CCCCNC(=O)C1=NOC2(CCN(C(=O)OC(C)(C)C)CC2)C1. The number of oxime groups is 1. The van der Waals surface area contributed by atoms with Gasteiger partial charge in [-0.25, -0.2) is 4.79 Å². The summed E-state index contributed by atoms with van der Waals surface area (Å²) < 4.78 is 5.40. The van der Waals surface area contributed by atoms with Crippen LogP contribution in [0.4, 0.5) is 4.79 Å².